The van der Waals surface area contributed by atoms with Crippen LogP contribution in [0.4, 0.5) is 5.69 Å². The van der Waals surface area contributed by atoms with Gasteiger partial charge in [-0.05, 0) is 50.5 Å². The first-order chi connectivity index (χ1) is 20.6. The number of carbonyl (C=O) groups is 4. The predicted octanol–water partition coefficient (Wildman–Crippen LogP) is 6.98. The number of aromatic nitrogens is 1. The van der Waals surface area contributed by atoms with Crippen LogP contribution >= 0.6 is 31.9 Å². The summed E-state index contributed by atoms with van der Waals surface area (Å²) in [6.45, 7) is 3.47. The Morgan fingerprint density at radius 3 is 2.14 bits per heavy atom. The molecular weight excluding hydrogens is 676 g/mol. The van der Waals surface area contributed by atoms with E-state index in [1.807, 2.05) is 38.1 Å². The molecule has 4 atom stereocenters. The van der Waals surface area contributed by atoms with Crippen molar-refractivity contribution in [3.63, 3.8) is 0 Å². The molecule has 2 aliphatic rings. The third-order valence-electron chi connectivity index (χ3n) is 8.30. The lowest BCUT2D eigenvalue weighted by Gasteiger charge is -2.29. The van der Waals surface area contributed by atoms with Gasteiger partial charge in [0.25, 0.3) is 0 Å². The maximum atomic E-state index is 13.3. The third-order valence-corrected chi connectivity index (χ3v) is 11.0. The van der Waals surface area contributed by atoms with Gasteiger partial charge in [-0.15, -0.1) is 0 Å². The molecule has 218 valence electrons. The van der Waals surface area contributed by atoms with E-state index in [0.29, 0.717) is 51.8 Å². The first kappa shape index (κ1) is 29.4. The summed E-state index contributed by atoms with van der Waals surface area (Å²) in [6, 6.07) is 21.4. The van der Waals surface area contributed by atoms with Gasteiger partial charge in [-0.2, -0.15) is 0 Å². The molecule has 0 spiro atoms. The number of fused-ring (bicyclic) bond motifs is 2. The Hall–Kier alpha value is -3.69. The molecule has 6 rings (SSSR count). The average Bonchev–Trinajstić information content (AvgIpc) is 3.24. The van der Waals surface area contributed by atoms with E-state index >= 15 is 0 Å². The number of pyridine rings is 1. The van der Waals surface area contributed by atoms with E-state index in [9.17, 15) is 19.2 Å². The molecule has 43 heavy (non-hydrogen) atoms. The normalized spacial score (nSPS) is 21.6. The lowest BCUT2D eigenvalue weighted by molar-refractivity contribution is -0.122. The van der Waals surface area contributed by atoms with Gasteiger partial charge >= 0.3 is 5.97 Å². The minimum Gasteiger partial charge on any atom is -0.454 e. The second kappa shape index (κ2) is 11.8. The van der Waals surface area contributed by atoms with Gasteiger partial charge in [-0.25, -0.2) is 9.78 Å². The van der Waals surface area contributed by atoms with Crippen molar-refractivity contribution in [2.45, 2.75) is 36.3 Å². The lowest BCUT2D eigenvalue weighted by Crippen LogP contribution is -2.34. The number of rotatable bonds is 6. The van der Waals surface area contributed by atoms with Gasteiger partial charge < -0.3 is 4.74 Å². The minimum atomic E-state index is -0.623. The minimum absolute atomic E-state index is 0.136. The van der Waals surface area contributed by atoms with Crippen LogP contribution in [0.15, 0.2) is 72.8 Å². The fourth-order valence-electron chi connectivity index (χ4n) is 5.87. The zero-order chi connectivity index (χ0) is 30.4. The molecule has 2 amide bonds. The number of Topliss-reactive ketones (excluding diaryl/α,β-unsaturated/α-hetero) is 1. The van der Waals surface area contributed by atoms with Crippen molar-refractivity contribution >= 4 is 72.0 Å². The zero-order valence-corrected chi connectivity index (χ0v) is 26.7. The quantitative estimate of drug-likeness (QED) is 0.0931. The van der Waals surface area contributed by atoms with Crippen molar-refractivity contribution in [3.05, 3.63) is 95.1 Å². The molecule has 0 N–H and O–H groups in total. The number of ether oxygens (including phenoxy) is 1. The fourth-order valence-corrected chi connectivity index (χ4v) is 7.11. The number of ketones is 1. The first-order valence-corrected chi connectivity index (χ1v) is 15.9. The monoisotopic (exact) mass is 702 g/mol. The van der Waals surface area contributed by atoms with Crippen LogP contribution in [-0.4, -0.2) is 44.8 Å². The van der Waals surface area contributed by atoms with Crippen LogP contribution in [-0.2, 0) is 14.3 Å². The van der Waals surface area contributed by atoms with Crippen LogP contribution in [0.25, 0.3) is 22.2 Å². The number of aryl methyl sites for hydroxylation is 2. The summed E-state index contributed by atoms with van der Waals surface area (Å²) in [5, 5.41) is 0.624. The topological polar surface area (TPSA) is 93.6 Å². The van der Waals surface area contributed by atoms with E-state index in [1.165, 1.54) is 4.90 Å². The van der Waals surface area contributed by atoms with Gasteiger partial charge in [-0.3, -0.25) is 19.3 Å². The molecule has 1 aliphatic heterocycles. The highest BCUT2D eigenvalue weighted by Crippen LogP contribution is 2.44. The Labute approximate surface area is 265 Å². The number of esters is 1. The van der Waals surface area contributed by atoms with Crippen molar-refractivity contribution < 1.29 is 23.9 Å². The number of halogens is 2. The Morgan fingerprint density at radius 2 is 1.51 bits per heavy atom. The summed E-state index contributed by atoms with van der Waals surface area (Å²) in [7, 11) is 0. The Bertz CT molecular complexity index is 1740. The van der Waals surface area contributed by atoms with Crippen LogP contribution in [0.5, 0.6) is 0 Å². The van der Waals surface area contributed by atoms with Crippen LogP contribution in [0.1, 0.15) is 44.7 Å². The van der Waals surface area contributed by atoms with Crippen LogP contribution in [0, 0.1) is 25.7 Å². The SMILES string of the molecule is Cc1ccc(C(=O)COC(=O)c2cc(-c3ccc(N4C(=O)C5CC(Br)C(Br)CC5C4=O)cc3)nc3c(C)cccc23)cc1. The van der Waals surface area contributed by atoms with Gasteiger partial charge in [0.15, 0.2) is 12.4 Å². The summed E-state index contributed by atoms with van der Waals surface area (Å²) in [4.78, 5) is 58.9. The van der Waals surface area contributed by atoms with Crippen molar-refractivity contribution in [2.24, 2.45) is 11.8 Å². The molecule has 1 aromatic heterocycles. The Morgan fingerprint density at radius 1 is 0.884 bits per heavy atom. The number of hydrogen-bond acceptors (Lipinski definition) is 6. The number of carbonyl (C=O) groups excluding carboxylic acids is 4. The molecule has 4 aromatic rings. The molecule has 3 aromatic carbocycles. The molecule has 0 radical (unpaired) electrons. The molecule has 1 saturated carbocycles. The number of anilines is 1. The van der Waals surface area contributed by atoms with E-state index < -0.39 is 5.97 Å². The van der Waals surface area contributed by atoms with Gasteiger partial charge in [-0.1, -0.05) is 92.0 Å². The molecule has 2 fully saturated rings. The number of imide groups is 1. The van der Waals surface area contributed by atoms with Crippen molar-refractivity contribution in [1.29, 1.82) is 0 Å². The maximum Gasteiger partial charge on any atom is 0.339 e. The number of nitrogens with zero attached hydrogens (tertiary/aromatic N) is 2. The molecule has 9 heteroatoms. The second-order valence-corrected chi connectivity index (χ2v) is 13.5. The summed E-state index contributed by atoms with van der Waals surface area (Å²) < 4.78 is 5.48. The highest BCUT2D eigenvalue weighted by molar-refractivity contribution is 9.12. The smallest absolute Gasteiger partial charge is 0.339 e. The molecule has 7 nitrogen and oxygen atoms in total. The number of benzene rings is 3. The Balaban J connectivity index is 1.28. The van der Waals surface area contributed by atoms with Gasteiger partial charge in [0, 0.05) is 26.2 Å². The second-order valence-electron chi connectivity index (χ2n) is 11.2. The number of amides is 2. The largest absolute Gasteiger partial charge is 0.454 e. The van der Waals surface area contributed by atoms with Crippen molar-refractivity contribution in [3.8, 4) is 11.3 Å². The highest BCUT2D eigenvalue weighted by Gasteiger charge is 2.52. The van der Waals surface area contributed by atoms with Crippen LogP contribution in [0.3, 0.4) is 0 Å². The fraction of sp³-hybridized carbons (Fsp3) is 0.265. The first-order valence-electron chi connectivity index (χ1n) is 14.1. The standard InChI is InChI=1S/C34H28Br2N2O5/c1-18-6-8-21(9-7-18)30(39)17-43-34(42)26-16-29(37-31-19(2)4-3-5-23(26)31)20-10-12-22(13-11-20)38-32(40)24-14-27(35)28(36)15-25(24)33(38)41/h3-13,16,24-25,27-28H,14-15,17H2,1-2H3. The molecule has 0 bridgehead atoms. The van der Waals surface area contributed by atoms with Crippen LogP contribution in [0.2, 0.25) is 0 Å². The molecular formula is C34H28Br2N2O5. The van der Waals surface area contributed by atoms with Crippen molar-refractivity contribution in [1.82, 2.24) is 4.98 Å². The molecule has 4 unspecified atom stereocenters. The summed E-state index contributed by atoms with van der Waals surface area (Å²) in [5.41, 5.74) is 5.07. The van der Waals surface area contributed by atoms with E-state index in [1.54, 1.807) is 48.5 Å². The lowest BCUT2D eigenvalue weighted by atomic mass is 9.81. The number of para-hydroxylation sites is 1. The highest BCUT2D eigenvalue weighted by atomic mass is 79.9. The van der Waals surface area contributed by atoms with Crippen LogP contribution < -0.4 is 4.90 Å². The zero-order valence-electron chi connectivity index (χ0n) is 23.6. The third kappa shape index (κ3) is 5.56. The Kier molecular flexibility index (Phi) is 8.04. The molecule has 1 saturated heterocycles. The molecule has 1 aliphatic carbocycles. The maximum absolute atomic E-state index is 13.3. The number of alkyl halides is 2. The molecule has 2 heterocycles. The summed E-state index contributed by atoms with van der Waals surface area (Å²) in [5.74, 6) is -1.92. The van der Waals surface area contributed by atoms with E-state index in [2.05, 4.69) is 31.9 Å². The van der Waals surface area contributed by atoms with E-state index in [4.69, 9.17) is 9.72 Å². The van der Waals surface area contributed by atoms with Crippen molar-refractivity contribution in [2.75, 3.05) is 11.5 Å². The van der Waals surface area contributed by atoms with E-state index in [-0.39, 0.29) is 45.7 Å². The summed E-state index contributed by atoms with van der Waals surface area (Å²) in [6.07, 6.45) is 1.21. The number of hydrogen-bond donors (Lipinski definition) is 0. The predicted molar refractivity (Wildman–Crippen MR) is 172 cm³/mol. The summed E-state index contributed by atoms with van der Waals surface area (Å²) >= 11 is 7.26. The van der Waals surface area contributed by atoms with E-state index in [0.717, 1.165) is 11.1 Å². The van der Waals surface area contributed by atoms with Gasteiger partial charge in [0.2, 0.25) is 11.8 Å². The van der Waals surface area contributed by atoms with Gasteiger partial charge in [0.1, 0.15) is 0 Å². The average molecular weight is 704 g/mol. The van der Waals surface area contributed by atoms with Gasteiger partial charge in [0.05, 0.1) is 34.3 Å².